The van der Waals surface area contributed by atoms with Crippen molar-refractivity contribution in [3.8, 4) is 17.6 Å². The maximum atomic E-state index is 13.3. The Labute approximate surface area is 117 Å². The molecule has 3 nitrogen and oxygen atoms in total. The van der Waals surface area contributed by atoms with Crippen LogP contribution in [0.3, 0.4) is 0 Å². The Bertz CT molecular complexity index is 588. The van der Waals surface area contributed by atoms with Crippen LogP contribution in [0.1, 0.15) is 12.5 Å². The molecule has 0 atom stereocenters. The summed E-state index contributed by atoms with van der Waals surface area (Å²) in [5.41, 5.74) is 0.439. The third kappa shape index (κ3) is 5.95. The molecule has 0 spiro atoms. The molecule has 0 fully saturated rings. The van der Waals surface area contributed by atoms with Crippen LogP contribution in [0.5, 0.6) is 5.75 Å². The molecule has 0 radical (unpaired) electrons. The van der Waals surface area contributed by atoms with Crippen molar-refractivity contribution in [1.82, 2.24) is 0 Å². The number of alkyl halides is 1. The highest BCUT2D eigenvalue weighted by Crippen LogP contribution is 2.16. The number of hydrogen-bond acceptors (Lipinski definition) is 3. The quantitative estimate of drug-likeness (QED) is 0.619. The maximum Gasteiger partial charge on any atom is 0.153 e. The van der Waals surface area contributed by atoms with Gasteiger partial charge in [0.05, 0.1) is 11.6 Å². The molecule has 1 rings (SSSR count). The largest absolute Gasteiger partial charge is 0.492 e. The highest BCUT2D eigenvalue weighted by molar-refractivity contribution is 7.91. The van der Waals surface area contributed by atoms with E-state index in [1.807, 2.05) is 0 Å². The summed E-state index contributed by atoms with van der Waals surface area (Å²) in [5, 5.41) is 0. The lowest BCUT2D eigenvalue weighted by Gasteiger charge is -2.06. The molecular weight excluding hydrogens is 291 g/mol. The molecule has 0 N–H and O–H groups in total. The Kier molecular flexibility index (Phi) is 6.13. The molecule has 1 aromatic carbocycles. The minimum Gasteiger partial charge on any atom is -0.492 e. The number of sulfone groups is 1. The van der Waals surface area contributed by atoms with E-state index in [9.17, 15) is 12.8 Å². The lowest BCUT2D eigenvalue weighted by Crippen LogP contribution is -2.15. The fraction of sp³-hybridized carbons (Fsp3) is 0.385. The van der Waals surface area contributed by atoms with Gasteiger partial charge in [-0.15, -0.1) is 11.6 Å². The van der Waals surface area contributed by atoms with Gasteiger partial charge in [0.1, 0.15) is 18.2 Å². The molecule has 0 aliphatic heterocycles. The first-order valence-electron chi connectivity index (χ1n) is 5.65. The normalized spacial score (nSPS) is 10.7. The molecule has 0 unspecified atom stereocenters. The van der Waals surface area contributed by atoms with Crippen LogP contribution in [-0.4, -0.2) is 32.4 Å². The fourth-order valence-corrected chi connectivity index (χ4v) is 1.98. The average molecular weight is 305 g/mol. The van der Waals surface area contributed by atoms with Crippen molar-refractivity contribution >= 4 is 21.4 Å². The molecule has 1 aromatic rings. The van der Waals surface area contributed by atoms with E-state index in [1.165, 1.54) is 12.1 Å². The van der Waals surface area contributed by atoms with Gasteiger partial charge < -0.3 is 4.74 Å². The molecule has 19 heavy (non-hydrogen) atoms. The zero-order valence-corrected chi connectivity index (χ0v) is 12.0. The topological polar surface area (TPSA) is 43.4 Å². The lowest BCUT2D eigenvalue weighted by atomic mass is 10.2. The Balaban J connectivity index is 2.71. The van der Waals surface area contributed by atoms with Gasteiger partial charge >= 0.3 is 0 Å². The average Bonchev–Trinajstić information content (AvgIpc) is 2.35. The van der Waals surface area contributed by atoms with Gasteiger partial charge in [-0.3, -0.25) is 0 Å². The van der Waals surface area contributed by atoms with Crippen molar-refractivity contribution < 1.29 is 17.5 Å². The van der Waals surface area contributed by atoms with Gasteiger partial charge in [0.2, 0.25) is 0 Å². The number of halogens is 2. The predicted molar refractivity (Wildman–Crippen MR) is 73.8 cm³/mol. The molecule has 0 saturated carbocycles. The van der Waals surface area contributed by atoms with Gasteiger partial charge in [0.25, 0.3) is 0 Å². The summed E-state index contributed by atoms with van der Waals surface area (Å²) in [4.78, 5) is 0. The number of ether oxygens (including phenoxy) is 1. The predicted octanol–water partition coefficient (Wildman–Crippen LogP) is 2.23. The molecule has 0 aromatic heterocycles. The Morgan fingerprint density at radius 1 is 1.37 bits per heavy atom. The van der Waals surface area contributed by atoms with Gasteiger partial charge in [-0.05, 0) is 12.1 Å². The molecule has 0 aliphatic rings. The molecule has 0 aliphatic carbocycles. The first-order chi connectivity index (χ1) is 8.96. The summed E-state index contributed by atoms with van der Waals surface area (Å²) >= 11 is 5.42. The summed E-state index contributed by atoms with van der Waals surface area (Å²) in [6, 6.07) is 3.99. The van der Waals surface area contributed by atoms with Gasteiger partial charge in [-0.1, -0.05) is 18.8 Å². The highest BCUT2D eigenvalue weighted by atomic mass is 35.5. The summed E-state index contributed by atoms with van der Waals surface area (Å²) in [6.45, 7) is 1.55. The van der Waals surface area contributed by atoms with Crippen LogP contribution in [0, 0.1) is 17.7 Å². The standard InChI is InChI=1S/C13H14ClFO3S/c1-2-19(16,17)7-6-18-13-9-11(4-3-5-14)8-12(15)10-13/h8-10H,2,5-7H2,1H3. The van der Waals surface area contributed by atoms with Gasteiger partial charge in [0, 0.05) is 17.4 Å². The maximum absolute atomic E-state index is 13.3. The Morgan fingerprint density at radius 3 is 2.74 bits per heavy atom. The first kappa shape index (κ1) is 15.8. The fourth-order valence-electron chi connectivity index (χ4n) is 1.28. The molecule has 104 valence electrons. The molecule has 0 amide bonds. The van der Waals surface area contributed by atoms with Crippen LogP contribution in [0.15, 0.2) is 18.2 Å². The monoisotopic (exact) mass is 304 g/mol. The number of rotatable bonds is 5. The van der Waals surface area contributed by atoms with Crippen molar-refractivity contribution in [3.05, 3.63) is 29.6 Å². The lowest BCUT2D eigenvalue weighted by molar-refractivity contribution is 0.339. The van der Waals surface area contributed by atoms with Crippen LogP contribution in [0.2, 0.25) is 0 Å². The second kappa shape index (κ2) is 7.37. The smallest absolute Gasteiger partial charge is 0.153 e. The van der Waals surface area contributed by atoms with E-state index >= 15 is 0 Å². The zero-order valence-electron chi connectivity index (χ0n) is 10.4. The molecule has 0 heterocycles. The van der Waals surface area contributed by atoms with Gasteiger partial charge in [0.15, 0.2) is 9.84 Å². The third-order valence-corrected chi connectivity index (χ3v) is 4.08. The van der Waals surface area contributed by atoms with E-state index in [2.05, 4.69) is 11.8 Å². The first-order valence-corrected chi connectivity index (χ1v) is 8.01. The van der Waals surface area contributed by atoms with Crippen LogP contribution < -0.4 is 4.74 Å². The van der Waals surface area contributed by atoms with E-state index in [4.69, 9.17) is 16.3 Å². The van der Waals surface area contributed by atoms with Crippen molar-refractivity contribution in [1.29, 1.82) is 0 Å². The Hall–Kier alpha value is -1.25. The van der Waals surface area contributed by atoms with Crippen molar-refractivity contribution in [2.24, 2.45) is 0 Å². The van der Waals surface area contributed by atoms with Crippen LogP contribution in [0.25, 0.3) is 0 Å². The summed E-state index contributed by atoms with van der Waals surface area (Å²) in [7, 11) is -3.09. The molecule has 0 saturated heterocycles. The second-order valence-corrected chi connectivity index (χ2v) is 6.44. The summed E-state index contributed by atoms with van der Waals surface area (Å²) < 4.78 is 41.1. The summed E-state index contributed by atoms with van der Waals surface area (Å²) in [5.74, 6) is 5.16. The van der Waals surface area contributed by atoms with Crippen LogP contribution in [-0.2, 0) is 9.84 Å². The molecule has 0 bridgehead atoms. The van der Waals surface area contributed by atoms with Gasteiger partial charge in [-0.25, -0.2) is 12.8 Å². The second-order valence-electron chi connectivity index (χ2n) is 3.70. The third-order valence-electron chi connectivity index (χ3n) is 2.27. The number of benzene rings is 1. The van der Waals surface area contributed by atoms with E-state index in [-0.39, 0.29) is 29.7 Å². The summed E-state index contributed by atoms with van der Waals surface area (Å²) in [6.07, 6.45) is 0. The molecular formula is C13H14ClFO3S. The number of hydrogen-bond donors (Lipinski definition) is 0. The van der Waals surface area contributed by atoms with Crippen LogP contribution >= 0.6 is 11.6 Å². The van der Waals surface area contributed by atoms with Crippen molar-refractivity contribution in [2.45, 2.75) is 6.92 Å². The van der Waals surface area contributed by atoms with Crippen LogP contribution in [0.4, 0.5) is 4.39 Å². The SMILES string of the molecule is CCS(=O)(=O)CCOc1cc(F)cc(C#CCCl)c1. The molecule has 6 heteroatoms. The van der Waals surface area contributed by atoms with E-state index in [0.717, 1.165) is 0 Å². The van der Waals surface area contributed by atoms with E-state index < -0.39 is 15.7 Å². The minimum atomic E-state index is -3.09. The minimum absolute atomic E-state index is 0.0119. The van der Waals surface area contributed by atoms with Gasteiger partial charge in [-0.2, -0.15) is 0 Å². The highest BCUT2D eigenvalue weighted by Gasteiger charge is 2.08. The Morgan fingerprint density at radius 2 is 2.11 bits per heavy atom. The van der Waals surface area contributed by atoms with E-state index in [0.29, 0.717) is 5.56 Å². The van der Waals surface area contributed by atoms with Crippen molar-refractivity contribution in [2.75, 3.05) is 24.0 Å². The van der Waals surface area contributed by atoms with E-state index in [1.54, 1.807) is 13.0 Å². The zero-order chi connectivity index (χ0) is 14.3. The van der Waals surface area contributed by atoms with Crippen molar-refractivity contribution in [3.63, 3.8) is 0 Å².